The number of rotatable bonds is 6. The van der Waals surface area contributed by atoms with Crippen LogP contribution in [0.25, 0.3) is 0 Å². The highest BCUT2D eigenvalue weighted by Crippen LogP contribution is 2.20. The second-order valence-corrected chi connectivity index (χ2v) is 4.37. The van der Waals surface area contributed by atoms with Gasteiger partial charge in [-0.05, 0) is 30.2 Å². The fraction of sp³-hybridized carbons (Fsp3) is 0.462. The lowest BCUT2D eigenvalue weighted by atomic mass is 10.2. The quantitative estimate of drug-likeness (QED) is 0.824. The molecule has 0 saturated heterocycles. The summed E-state index contributed by atoms with van der Waals surface area (Å²) >= 11 is 0. The number of anilines is 1. The van der Waals surface area contributed by atoms with Gasteiger partial charge in [0.15, 0.2) is 0 Å². The molecule has 0 bridgehead atoms. The van der Waals surface area contributed by atoms with Crippen molar-refractivity contribution in [2.24, 2.45) is 5.92 Å². The van der Waals surface area contributed by atoms with Crippen LogP contribution in [0.1, 0.15) is 13.8 Å². The molecule has 1 rings (SSSR count). The van der Waals surface area contributed by atoms with Gasteiger partial charge in [0, 0.05) is 12.2 Å². The predicted octanol–water partition coefficient (Wildman–Crippen LogP) is 2.24. The van der Waals surface area contributed by atoms with Crippen LogP contribution in [-0.2, 0) is 4.79 Å². The third-order valence-corrected chi connectivity index (χ3v) is 2.35. The fourth-order valence-electron chi connectivity index (χ4n) is 1.66. The van der Waals surface area contributed by atoms with E-state index < -0.39 is 5.97 Å². The minimum atomic E-state index is -0.818. The Morgan fingerprint density at radius 3 is 2.35 bits per heavy atom. The second-order valence-electron chi connectivity index (χ2n) is 4.37. The lowest BCUT2D eigenvalue weighted by molar-refractivity contribution is -0.135. The first-order chi connectivity index (χ1) is 8.02. The zero-order chi connectivity index (χ0) is 12.8. The molecule has 17 heavy (non-hydrogen) atoms. The van der Waals surface area contributed by atoms with Crippen molar-refractivity contribution in [1.82, 2.24) is 0 Å². The van der Waals surface area contributed by atoms with Gasteiger partial charge in [0.25, 0.3) is 0 Å². The van der Waals surface area contributed by atoms with Gasteiger partial charge in [-0.15, -0.1) is 0 Å². The Labute approximate surface area is 102 Å². The summed E-state index contributed by atoms with van der Waals surface area (Å²) in [6.07, 6.45) is 0. The predicted molar refractivity (Wildman–Crippen MR) is 67.7 cm³/mol. The maximum absolute atomic E-state index is 10.8. The van der Waals surface area contributed by atoms with Gasteiger partial charge in [-0.3, -0.25) is 4.79 Å². The lowest BCUT2D eigenvalue weighted by Crippen LogP contribution is -2.32. The molecule has 0 aliphatic carbocycles. The van der Waals surface area contributed by atoms with Crippen molar-refractivity contribution in [2.75, 3.05) is 25.1 Å². The topological polar surface area (TPSA) is 49.8 Å². The van der Waals surface area contributed by atoms with Crippen LogP contribution in [0.5, 0.6) is 5.75 Å². The van der Waals surface area contributed by atoms with Crippen molar-refractivity contribution >= 4 is 11.7 Å². The number of hydrogen-bond acceptors (Lipinski definition) is 3. The largest absolute Gasteiger partial charge is 0.497 e. The van der Waals surface area contributed by atoms with Crippen LogP contribution in [-0.4, -0.2) is 31.3 Å². The zero-order valence-electron chi connectivity index (χ0n) is 10.5. The molecule has 0 saturated carbocycles. The summed E-state index contributed by atoms with van der Waals surface area (Å²) < 4.78 is 5.08. The first kappa shape index (κ1) is 13.4. The highest BCUT2D eigenvalue weighted by molar-refractivity contribution is 5.73. The van der Waals surface area contributed by atoms with Crippen molar-refractivity contribution in [3.8, 4) is 5.75 Å². The van der Waals surface area contributed by atoms with Crippen LogP contribution in [0.15, 0.2) is 24.3 Å². The molecule has 0 amide bonds. The van der Waals surface area contributed by atoms with Crippen molar-refractivity contribution in [3.05, 3.63) is 24.3 Å². The summed E-state index contributed by atoms with van der Waals surface area (Å²) in [6, 6.07) is 7.43. The maximum atomic E-state index is 10.8. The molecule has 0 aromatic heterocycles. The average molecular weight is 237 g/mol. The fourth-order valence-corrected chi connectivity index (χ4v) is 1.66. The van der Waals surface area contributed by atoms with Crippen LogP contribution in [0.3, 0.4) is 0 Å². The Hall–Kier alpha value is -1.71. The Balaban J connectivity index is 2.83. The number of ether oxygens (including phenoxy) is 1. The molecular formula is C13H19NO3. The molecule has 4 nitrogen and oxygen atoms in total. The van der Waals surface area contributed by atoms with Gasteiger partial charge in [-0.2, -0.15) is 0 Å². The van der Waals surface area contributed by atoms with Gasteiger partial charge in [0.1, 0.15) is 12.3 Å². The van der Waals surface area contributed by atoms with Crippen LogP contribution in [0.4, 0.5) is 5.69 Å². The number of benzene rings is 1. The molecule has 0 unspecified atom stereocenters. The molecule has 0 atom stereocenters. The maximum Gasteiger partial charge on any atom is 0.323 e. The lowest BCUT2D eigenvalue weighted by Gasteiger charge is -2.24. The van der Waals surface area contributed by atoms with Gasteiger partial charge in [-0.1, -0.05) is 13.8 Å². The van der Waals surface area contributed by atoms with Gasteiger partial charge in [0.05, 0.1) is 7.11 Å². The molecule has 0 radical (unpaired) electrons. The van der Waals surface area contributed by atoms with Gasteiger partial charge in [-0.25, -0.2) is 0 Å². The van der Waals surface area contributed by atoms with Gasteiger partial charge >= 0.3 is 5.97 Å². The van der Waals surface area contributed by atoms with E-state index in [1.54, 1.807) is 7.11 Å². The highest BCUT2D eigenvalue weighted by Gasteiger charge is 2.12. The normalized spacial score (nSPS) is 10.4. The number of carbonyl (C=O) groups is 1. The molecule has 1 aromatic carbocycles. The van der Waals surface area contributed by atoms with E-state index in [0.29, 0.717) is 5.92 Å². The summed E-state index contributed by atoms with van der Waals surface area (Å²) in [4.78, 5) is 12.7. The van der Waals surface area contributed by atoms with Crippen molar-refractivity contribution in [3.63, 3.8) is 0 Å². The molecule has 94 valence electrons. The minimum Gasteiger partial charge on any atom is -0.497 e. The summed E-state index contributed by atoms with van der Waals surface area (Å²) in [5, 5.41) is 8.89. The van der Waals surface area contributed by atoms with E-state index >= 15 is 0 Å². The van der Waals surface area contributed by atoms with Crippen LogP contribution >= 0.6 is 0 Å². The Bertz CT molecular complexity index is 359. The van der Waals surface area contributed by atoms with Crippen molar-refractivity contribution in [1.29, 1.82) is 0 Å². The number of methoxy groups -OCH3 is 1. The van der Waals surface area contributed by atoms with E-state index in [-0.39, 0.29) is 6.54 Å². The molecule has 0 spiro atoms. The molecule has 0 fully saturated rings. The van der Waals surface area contributed by atoms with E-state index in [0.717, 1.165) is 18.0 Å². The van der Waals surface area contributed by atoms with Crippen LogP contribution in [0.2, 0.25) is 0 Å². The average Bonchev–Trinajstić information content (AvgIpc) is 2.27. The number of aliphatic carboxylic acids is 1. The van der Waals surface area contributed by atoms with E-state index in [1.807, 2.05) is 29.2 Å². The SMILES string of the molecule is COc1ccc(N(CC(=O)O)CC(C)C)cc1. The Morgan fingerprint density at radius 2 is 1.94 bits per heavy atom. The zero-order valence-corrected chi connectivity index (χ0v) is 10.5. The molecule has 1 aromatic rings. The Kier molecular flexibility index (Phi) is 4.82. The first-order valence-electron chi connectivity index (χ1n) is 5.63. The third kappa shape index (κ3) is 4.34. The third-order valence-electron chi connectivity index (χ3n) is 2.35. The van der Waals surface area contributed by atoms with Gasteiger partial charge < -0.3 is 14.7 Å². The van der Waals surface area contributed by atoms with E-state index in [9.17, 15) is 4.79 Å². The molecule has 4 heteroatoms. The summed E-state index contributed by atoms with van der Waals surface area (Å²) in [5.74, 6) is 0.367. The smallest absolute Gasteiger partial charge is 0.323 e. The summed E-state index contributed by atoms with van der Waals surface area (Å²) in [7, 11) is 1.61. The molecule has 0 aliphatic rings. The summed E-state index contributed by atoms with van der Waals surface area (Å²) in [6.45, 7) is 4.87. The van der Waals surface area contributed by atoms with E-state index in [4.69, 9.17) is 9.84 Å². The number of hydrogen-bond donors (Lipinski definition) is 1. The van der Waals surface area contributed by atoms with E-state index in [2.05, 4.69) is 13.8 Å². The second kappa shape index (κ2) is 6.13. The van der Waals surface area contributed by atoms with E-state index in [1.165, 1.54) is 0 Å². The number of carboxylic acid groups (broad SMARTS) is 1. The monoisotopic (exact) mass is 237 g/mol. The van der Waals surface area contributed by atoms with Crippen molar-refractivity contribution in [2.45, 2.75) is 13.8 Å². The first-order valence-corrected chi connectivity index (χ1v) is 5.63. The molecule has 1 N–H and O–H groups in total. The summed E-state index contributed by atoms with van der Waals surface area (Å²) in [5.41, 5.74) is 0.905. The number of nitrogens with zero attached hydrogens (tertiary/aromatic N) is 1. The Morgan fingerprint density at radius 1 is 1.35 bits per heavy atom. The van der Waals surface area contributed by atoms with Crippen LogP contribution < -0.4 is 9.64 Å². The molecule has 0 heterocycles. The van der Waals surface area contributed by atoms with Crippen LogP contribution in [0, 0.1) is 5.92 Å². The molecular weight excluding hydrogens is 218 g/mol. The molecule has 0 aliphatic heterocycles. The van der Waals surface area contributed by atoms with Crippen molar-refractivity contribution < 1.29 is 14.6 Å². The standard InChI is InChI=1S/C13H19NO3/c1-10(2)8-14(9-13(15)16)11-4-6-12(17-3)7-5-11/h4-7,10H,8-9H2,1-3H3,(H,15,16). The van der Waals surface area contributed by atoms with Gasteiger partial charge in [0.2, 0.25) is 0 Å². The highest BCUT2D eigenvalue weighted by atomic mass is 16.5. The minimum absolute atomic E-state index is 0.0184. The number of carboxylic acids is 1.